The summed E-state index contributed by atoms with van der Waals surface area (Å²) in [5.74, 6) is 0.785. The van der Waals surface area contributed by atoms with Gasteiger partial charge < -0.3 is 4.52 Å². The Balaban J connectivity index is 2.90. The van der Waals surface area contributed by atoms with Crippen LogP contribution in [0.5, 0.6) is 0 Å². The number of nitrogens with zero attached hydrogens (tertiary/aromatic N) is 2. The van der Waals surface area contributed by atoms with Gasteiger partial charge >= 0.3 is 0 Å². The Morgan fingerprint density at radius 3 is 1.45 bits per heavy atom. The molecular formula is C18H39N2OP. The Morgan fingerprint density at radius 2 is 1.14 bits per heavy atom. The maximum Gasteiger partial charge on any atom is 0.188 e. The van der Waals surface area contributed by atoms with Crippen molar-refractivity contribution in [3.05, 3.63) is 0 Å². The van der Waals surface area contributed by atoms with Gasteiger partial charge in [0, 0.05) is 24.2 Å². The van der Waals surface area contributed by atoms with Gasteiger partial charge in [0.15, 0.2) is 8.45 Å². The van der Waals surface area contributed by atoms with Crippen molar-refractivity contribution >= 4 is 8.45 Å². The minimum Gasteiger partial charge on any atom is -0.331 e. The molecule has 0 bridgehead atoms. The molecule has 0 aromatic carbocycles. The van der Waals surface area contributed by atoms with Crippen molar-refractivity contribution in [2.75, 3.05) is 6.61 Å². The first-order chi connectivity index (χ1) is 10.3. The first-order valence-corrected chi connectivity index (χ1v) is 10.4. The molecule has 0 N–H and O–H groups in total. The molecule has 22 heavy (non-hydrogen) atoms. The lowest BCUT2D eigenvalue weighted by Crippen LogP contribution is -2.43. The quantitative estimate of drug-likeness (QED) is 0.507. The predicted octanol–water partition coefficient (Wildman–Crippen LogP) is 5.66. The van der Waals surface area contributed by atoms with Gasteiger partial charge in [0.1, 0.15) is 0 Å². The zero-order chi connectivity index (χ0) is 16.9. The molecule has 0 unspecified atom stereocenters. The Morgan fingerprint density at radius 1 is 0.773 bits per heavy atom. The van der Waals surface area contributed by atoms with E-state index in [4.69, 9.17) is 4.52 Å². The van der Waals surface area contributed by atoms with E-state index >= 15 is 0 Å². The molecule has 3 nitrogen and oxygen atoms in total. The zero-order valence-corrected chi connectivity index (χ0v) is 17.1. The van der Waals surface area contributed by atoms with Crippen LogP contribution in [0.3, 0.4) is 0 Å². The number of rotatable bonds is 9. The van der Waals surface area contributed by atoms with Gasteiger partial charge in [0.25, 0.3) is 0 Å². The van der Waals surface area contributed by atoms with Crippen LogP contribution in [0.1, 0.15) is 81.1 Å². The SMILES string of the molecule is CC(C)N(C(C)C)P(OCC1CCCC1)N(C(C)C)C(C)C. The first-order valence-electron chi connectivity index (χ1n) is 9.25. The molecule has 0 heterocycles. The molecule has 0 aliphatic heterocycles. The molecule has 0 aromatic heterocycles. The summed E-state index contributed by atoms with van der Waals surface area (Å²) in [5.41, 5.74) is 0. The summed E-state index contributed by atoms with van der Waals surface area (Å²) in [6.45, 7) is 19.3. The van der Waals surface area contributed by atoms with Gasteiger partial charge in [-0.05, 0) is 74.1 Å². The Hall–Kier alpha value is 0.310. The van der Waals surface area contributed by atoms with Gasteiger partial charge in [-0.3, -0.25) is 0 Å². The summed E-state index contributed by atoms with van der Waals surface area (Å²) < 4.78 is 11.8. The van der Waals surface area contributed by atoms with Crippen molar-refractivity contribution in [2.45, 2.75) is 105 Å². The van der Waals surface area contributed by atoms with Crippen LogP contribution in [-0.4, -0.2) is 40.1 Å². The van der Waals surface area contributed by atoms with Crippen LogP contribution in [0, 0.1) is 5.92 Å². The molecule has 0 aromatic rings. The molecule has 132 valence electrons. The minimum atomic E-state index is -0.695. The van der Waals surface area contributed by atoms with Crippen LogP contribution in [-0.2, 0) is 4.52 Å². The summed E-state index contributed by atoms with van der Waals surface area (Å²) in [6, 6.07) is 2.04. The molecule has 0 atom stereocenters. The predicted molar refractivity (Wildman–Crippen MR) is 99.1 cm³/mol. The largest absolute Gasteiger partial charge is 0.331 e. The first kappa shape index (κ1) is 20.4. The molecule has 4 heteroatoms. The standard InChI is InChI=1S/C18H39N2OP/c1-14(2)19(15(3)4)22(20(16(5)6)17(7)8)21-13-18-11-9-10-12-18/h14-18H,9-13H2,1-8H3. The molecular weight excluding hydrogens is 291 g/mol. The average molecular weight is 330 g/mol. The monoisotopic (exact) mass is 330 g/mol. The molecule has 0 radical (unpaired) electrons. The van der Waals surface area contributed by atoms with E-state index in [1.54, 1.807) is 0 Å². The third-order valence-corrected chi connectivity index (χ3v) is 7.43. The molecule has 1 aliphatic carbocycles. The van der Waals surface area contributed by atoms with Crippen LogP contribution in [0.15, 0.2) is 0 Å². The highest BCUT2D eigenvalue weighted by molar-refractivity contribution is 7.47. The lowest BCUT2D eigenvalue weighted by atomic mass is 10.1. The molecule has 0 spiro atoms. The van der Waals surface area contributed by atoms with Gasteiger partial charge in [-0.15, -0.1) is 0 Å². The number of hydrogen-bond acceptors (Lipinski definition) is 3. The summed E-state index contributed by atoms with van der Waals surface area (Å²) in [6.07, 6.45) is 5.50. The Labute approximate surface area is 140 Å². The van der Waals surface area contributed by atoms with E-state index in [1.807, 2.05) is 0 Å². The lowest BCUT2D eigenvalue weighted by molar-refractivity contribution is 0.169. The second-order valence-corrected chi connectivity index (χ2v) is 9.52. The second kappa shape index (κ2) is 9.57. The fourth-order valence-corrected chi connectivity index (χ4v) is 6.01. The molecule has 1 aliphatic rings. The Kier molecular flexibility index (Phi) is 8.85. The summed E-state index contributed by atoms with van der Waals surface area (Å²) >= 11 is 0. The topological polar surface area (TPSA) is 15.7 Å². The van der Waals surface area contributed by atoms with E-state index in [1.165, 1.54) is 25.7 Å². The van der Waals surface area contributed by atoms with Gasteiger partial charge in [-0.1, -0.05) is 12.8 Å². The third-order valence-electron chi connectivity index (χ3n) is 4.41. The van der Waals surface area contributed by atoms with Crippen LogP contribution in [0.2, 0.25) is 0 Å². The van der Waals surface area contributed by atoms with E-state index in [9.17, 15) is 0 Å². The molecule has 0 amide bonds. The van der Waals surface area contributed by atoms with Gasteiger partial charge in [-0.2, -0.15) is 0 Å². The molecule has 1 saturated carbocycles. The van der Waals surface area contributed by atoms with Crippen molar-refractivity contribution in [2.24, 2.45) is 5.92 Å². The van der Waals surface area contributed by atoms with Crippen LogP contribution in [0.4, 0.5) is 0 Å². The zero-order valence-electron chi connectivity index (χ0n) is 16.2. The highest BCUT2D eigenvalue weighted by atomic mass is 31.2. The van der Waals surface area contributed by atoms with Crippen molar-refractivity contribution in [3.8, 4) is 0 Å². The van der Waals surface area contributed by atoms with Crippen molar-refractivity contribution in [1.82, 2.24) is 9.34 Å². The van der Waals surface area contributed by atoms with Gasteiger partial charge in [-0.25, -0.2) is 9.34 Å². The smallest absolute Gasteiger partial charge is 0.188 e. The lowest BCUT2D eigenvalue weighted by Gasteiger charge is -2.46. The minimum absolute atomic E-state index is 0.509. The molecule has 1 rings (SSSR count). The summed E-state index contributed by atoms with van der Waals surface area (Å²) in [5, 5.41) is 0. The maximum absolute atomic E-state index is 6.61. The van der Waals surface area contributed by atoms with Crippen LogP contribution < -0.4 is 0 Å². The fourth-order valence-electron chi connectivity index (χ4n) is 3.58. The van der Waals surface area contributed by atoms with E-state index in [2.05, 4.69) is 64.7 Å². The normalized spacial score (nSPS) is 17.6. The maximum atomic E-state index is 6.61. The van der Waals surface area contributed by atoms with Crippen molar-refractivity contribution in [3.63, 3.8) is 0 Å². The van der Waals surface area contributed by atoms with Crippen molar-refractivity contribution < 1.29 is 4.52 Å². The second-order valence-electron chi connectivity index (χ2n) is 7.83. The summed E-state index contributed by atoms with van der Waals surface area (Å²) in [4.78, 5) is 0. The van der Waals surface area contributed by atoms with Crippen LogP contribution in [0.25, 0.3) is 0 Å². The highest BCUT2D eigenvalue weighted by Gasteiger charge is 2.35. The average Bonchev–Trinajstić information content (AvgIpc) is 2.86. The van der Waals surface area contributed by atoms with E-state index in [0.29, 0.717) is 24.2 Å². The van der Waals surface area contributed by atoms with Gasteiger partial charge in [0.05, 0.1) is 6.61 Å². The van der Waals surface area contributed by atoms with E-state index in [-0.39, 0.29) is 0 Å². The van der Waals surface area contributed by atoms with E-state index < -0.39 is 8.45 Å². The van der Waals surface area contributed by atoms with E-state index in [0.717, 1.165) is 12.5 Å². The highest BCUT2D eigenvalue weighted by Crippen LogP contribution is 2.51. The third kappa shape index (κ3) is 5.74. The molecule has 0 saturated heterocycles. The van der Waals surface area contributed by atoms with Crippen molar-refractivity contribution in [1.29, 1.82) is 0 Å². The Bertz CT molecular complexity index is 265. The van der Waals surface area contributed by atoms with Crippen LogP contribution >= 0.6 is 8.45 Å². The van der Waals surface area contributed by atoms with Gasteiger partial charge in [0.2, 0.25) is 0 Å². The number of hydrogen-bond donors (Lipinski definition) is 0. The summed E-state index contributed by atoms with van der Waals surface area (Å²) in [7, 11) is -0.695. The molecule has 1 fully saturated rings. The fraction of sp³-hybridized carbons (Fsp3) is 1.00.